The van der Waals surface area contributed by atoms with Gasteiger partial charge in [-0.25, -0.2) is 0 Å². The van der Waals surface area contributed by atoms with Crippen LogP contribution in [-0.2, 0) is 0 Å². The summed E-state index contributed by atoms with van der Waals surface area (Å²) in [5.41, 5.74) is 15.2. The van der Waals surface area contributed by atoms with Crippen molar-refractivity contribution >= 4 is 98.9 Å². The van der Waals surface area contributed by atoms with Crippen molar-refractivity contribution in [3.63, 3.8) is 0 Å². The predicted molar refractivity (Wildman–Crippen MR) is 241 cm³/mol. The number of allylic oxidation sites excluding steroid dienone is 2. The first-order valence-electron chi connectivity index (χ1n) is 19.8. The molecule has 5 heteroatoms. The number of benzene rings is 8. The fraction of sp³-hybridized carbons (Fsp3) is 0.0189. The van der Waals surface area contributed by atoms with Gasteiger partial charge in [0.2, 0.25) is 0 Å². The summed E-state index contributed by atoms with van der Waals surface area (Å²) in [5.74, 6) is 0. The van der Waals surface area contributed by atoms with E-state index in [9.17, 15) is 0 Å². The smallest absolute Gasteiger partial charge is 0.135 e. The van der Waals surface area contributed by atoms with Crippen LogP contribution >= 0.6 is 0 Å². The van der Waals surface area contributed by atoms with Crippen molar-refractivity contribution in [3.8, 4) is 22.3 Å². The number of dihydropyridines is 1. The summed E-state index contributed by atoms with van der Waals surface area (Å²) in [6.07, 6.45) is 4.52. The highest BCUT2D eigenvalue weighted by Gasteiger charge is 2.20. The molecule has 0 unspecified atom stereocenters. The molecule has 272 valence electrons. The number of nitrogens with one attached hydrogen (secondary N) is 1. The second-order valence-electron chi connectivity index (χ2n) is 15.4. The molecule has 5 heterocycles. The second kappa shape index (κ2) is 11.9. The first-order valence-corrected chi connectivity index (χ1v) is 19.8. The third kappa shape index (κ3) is 4.53. The molecular formula is C53H33N3O2. The molecule has 0 aliphatic carbocycles. The monoisotopic (exact) mass is 743 g/mol. The van der Waals surface area contributed by atoms with Gasteiger partial charge < -0.3 is 23.3 Å². The van der Waals surface area contributed by atoms with Crippen molar-refractivity contribution in [2.24, 2.45) is 0 Å². The standard InChI is InChI=1S/C53H33N3O2/c1-5-13-46-38(9-1)40-21-17-34(32-19-23-52-44(25-32)42-11-3-7-15-50(42)57-52)27-48(40)55(46)36-29-37(31-54-30-36)56-47-14-6-2-10-39(47)41-22-18-35(28-49(41)56)33-20-24-53-45(26-33)43-12-4-8-16-51(43)58-53/h1-30,54H,31H2. The number of hydrogen-bond acceptors (Lipinski definition) is 3. The number of furan rings is 2. The van der Waals surface area contributed by atoms with Crippen LogP contribution in [0, 0.1) is 0 Å². The van der Waals surface area contributed by atoms with Crippen LogP contribution in [0.3, 0.4) is 0 Å². The summed E-state index contributed by atoms with van der Waals surface area (Å²) in [7, 11) is 0. The number of nitrogens with zero attached hydrogens (tertiary/aromatic N) is 2. The maximum Gasteiger partial charge on any atom is 0.135 e. The lowest BCUT2D eigenvalue weighted by molar-refractivity contribution is 0.668. The molecule has 12 aromatic rings. The van der Waals surface area contributed by atoms with Crippen molar-refractivity contribution in [2.75, 3.05) is 6.54 Å². The third-order valence-corrected chi connectivity index (χ3v) is 12.2. The van der Waals surface area contributed by atoms with Crippen molar-refractivity contribution in [3.05, 3.63) is 182 Å². The Morgan fingerprint density at radius 2 is 0.793 bits per heavy atom. The summed E-state index contributed by atoms with van der Waals surface area (Å²) in [4.78, 5) is 0. The molecule has 0 amide bonds. The molecule has 1 N–H and O–H groups in total. The largest absolute Gasteiger partial charge is 0.456 e. The van der Waals surface area contributed by atoms with E-state index in [0.717, 1.165) is 71.8 Å². The van der Waals surface area contributed by atoms with Crippen molar-refractivity contribution in [1.29, 1.82) is 0 Å². The average molecular weight is 744 g/mol. The maximum atomic E-state index is 6.17. The van der Waals surface area contributed by atoms with Crippen LogP contribution in [0.2, 0.25) is 0 Å². The van der Waals surface area contributed by atoms with E-state index in [1.54, 1.807) is 0 Å². The molecule has 0 radical (unpaired) electrons. The summed E-state index contributed by atoms with van der Waals surface area (Å²) in [6, 6.07) is 60.9. The van der Waals surface area contributed by atoms with Crippen molar-refractivity contribution in [2.45, 2.75) is 0 Å². The van der Waals surface area contributed by atoms with Gasteiger partial charge in [-0.15, -0.1) is 0 Å². The zero-order chi connectivity index (χ0) is 37.9. The normalized spacial score (nSPS) is 13.4. The third-order valence-electron chi connectivity index (χ3n) is 12.2. The molecular weight excluding hydrogens is 711 g/mol. The van der Waals surface area contributed by atoms with E-state index in [2.05, 4.69) is 172 Å². The van der Waals surface area contributed by atoms with Gasteiger partial charge in [0.1, 0.15) is 22.3 Å². The molecule has 0 spiro atoms. The van der Waals surface area contributed by atoms with Gasteiger partial charge in [0.15, 0.2) is 0 Å². The number of aromatic nitrogens is 2. The number of hydrogen-bond donors (Lipinski definition) is 1. The molecule has 1 aliphatic rings. The van der Waals surface area contributed by atoms with Crippen LogP contribution in [0.5, 0.6) is 0 Å². The topological polar surface area (TPSA) is 48.2 Å². The van der Waals surface area contributed by atoms with E-state index < -0.39 is 0 Å². The molecule has 1 aliphatic heterocycles. The molecule has 8 aromatic carbocycles. The summed E-state index contributed by atoms with van der Waals surface area (Å²) in [6.45, 7) is 0.690. The molecule has 4 aromatic heterocycles. The summed E-state index contributed by atoms with van der Waals surface area (Å²) in [5, 5.41) is 13.1. The van der Waals surface area contributed by atoms with E-state index in [-0.39, 0.29) is 0 Å². The maximum absolute atomic E-state index is 6.17. The molecule has 0 saturated carbocycles. The van der Waals surface area contributed by atoms with Gasteiger partial charge in [0.05, 0.1) is 34.3 Å². The van der Waals surface area contributed by atoms with E-state index in [1.807, 2.05) is 24.3 Å². The summed E-state index contributed by atoms with van der Waals surface area (Å²) < 4.78 is 17.2. The predicted octanol–water partition coefficient (Wildman–Crippen LogP) is 14.0. The van der Waals surface area contributed by atoms with Crippen LogP contribution in [0.4, 0.5) is 0 Å². The molecule has 0 atom stereocenters. The van der Waals surface area contributed by atoms with Gasteiger partial charge in [0, 0.05) is 55.0 Å². The zero-order valence-corrected chi connectivity index (χ0v) is 31.2. The van der Waals surface area contributed by atoms with Gasteiger partial charge in [-0.05, 0) is 89.0 Å². The van der Waals surface area contributed by atoms with Gasteiger partial charge in [-0.3, -0.25) is 0 Å². The van der Waals surface area contributed by atoms with E-state index in [4.69, 9.17) is 8.83 Å². The van der Waals surface area contributed by atoms with Crippen LogP contribution in [0.25, 0.3) is 121 Å². The Balaban J connectivity index is 0.978. The van der Waals surface area contributed by atoms with E-state index >= 15 is 0 Å². The summed E-state index contributed by atoms with van der Waals surface area (Å²) >= 11 is 0. The minimum absolute atomic E-state index is 0.690. The highest BCUT2D eigenvalue weighted by molar-refractivity contribution is 6.14. The number of fused-ring (bicyclic) bond motifs is 12. The molecule has 0 saturated heterocycles. The van der Waals surface area contributed by atoms with Crippen LogP contribution in [0.1, 0.15) is 0 Å². The highest BCUT2D eigenvalue weighted by Crippen LogP contribution is 2.40. The van der Waals surface area contributed by atoms with E-state index in [0.29, 0.717) is 6.54 Å². The van der Waals surface area contributed by atoms with Gasteiger partial charge >= 0.3 is 0 Å². The lowest BCUT2D eigenvalue weighted by Crippen LogP contribution is -2.19. The molecule has 0 bridgehead atoms. The highest BCUT2D eigenvalue weighted by atomic mass is 16.3. The lowest BCUT2D eigenvalue weighted by Gasteiger charge is -2.20. The van der Waals surface area contributed by atoms with Crippen LogP contribution in [-0.4, -0.2) is 15.7 Å². The Kier molecular flexibility index (Phi) is 6.44. The Bertz CT molecular complexity index is 3750. The van der Waals surface area contributed by atoms with Crippen LogP contribution < -0.4 is 5.32 Å². The minimum Gasteiger partial charge on any atom is -0.456 e. The number of rotatable bonds is 4. The Labute approximate surface area is 331 Å². The molecule has 58 heavy (non-hydrogen) atoms. The minimum atomic E-state index is 0.690. The van der Waals surface area contributed by atoms with Crippen molar-refractivity contribution in [1.82, 2.24) is 14.5 Å². The van der Waals surface area contributed by atoms with Crippen LogP contribution in [0.15, 0.2) is 191 Å². The fourth-order valence-corrected chi connectivity index (χ4v) is 9.50. The number of para-hydroxylation sites is 4. The zero-order valence-electron chi connectivity index (χ0n) is 31.2. The Morgan fingerprint density at radius 3 is 1.38 bits per heavy atom. The average Bonchev–Trinajstić information content (AvgIpc) is 4.03. The second-order valence-corrected chi connectivity index (χ2v) is 15.4. The quantitative estimate of drug-likeness (QED) is 0.195. The molecule has 0 fully saturated rings. The van der Waals surface area contributed by atoms with Gasteiger partial charge in [0.25, 0.3) is 0 Å². The van der Waals surface area contributed by atoms with Crippen molar-refractivity contribution < 1.29 is 8.83 Å². The lowest BCUT2D eigenvalue weighted by atomic mass is 10.0. The van der Waals surface area contributed by atoms with E-state index in [1.165, 1.54) is 49.4 Å². The fourth-order valence-electron chi connectivity index (χ4n) is 9.50. The molecule has 5 nitrogen and oxygen atoms in total. The molecule has 13 rings (SSSR count). The van der Waals surface area contributed by atoms with Gasteiger partial charge in [-0.2, -0.15) is 0 Å². The first-order chi connectivity index (χ1) is 28.7. The Hall–Kier alpha value is -7.76. The first kappa shape index (κ1) is 31.4. The Morgan fingerprint density at radius 1 is 0.362 bits per heavy atom. The van der Waals surface area contributed by atoms with Gasteiger partial charge in [-0.1, -0.05) is 109 Å². The SMILES string of the molecule is C1=C(n2c3ccccc3c3ccc(-c4ccc5oc6ccccc6c5c4)cc32)C=C(n2c3ccccc3c3ccc(-c4ccc5oc6ccccc6c5c4)cc32)CN1.